The number of nitrogens with one attached hydrogen (secondary N) is 1. The molecule has 3 saturated carbocycles. The maximum Gasteiger partial charge on any atom is 0.318 e. The monoisotopic (exact) mass is 375 g/mol. The molecule has 0 bridgehead atoms. The van der Waals surface area contributed by atoms with Crippen molar-refractivity contribution in [2.24, 2.45) is 34.5 Å². The van der Waals surface area contributed by atoms with Crippen molar-refractivity contribution in [3.8, 4) is 0 Å². The fourth-order valence-electron chi connectivity index (χ4n) is 7.29. The zero-order chi connectivity index (χ0) is 19.6. The first kappa shape index (κ1) is 19.3. The molecule has 2 unspecified atom stereocenters. The summed E-state index contributed by atoms with van der Waals surface area (Å²) in [6, 6.07) is 0. The molecule has 1 amide bonds. The standard InChI is InChI=1S/C23H37NO3/c1-21(2,3)24-19(25)15-13-23(5)17-10-12-22(4)11-6-7-16(22)14(17)8-9-18(23)27-20(15)26/h14-18H,6-13H2,1-5H3,(H,24,25)/t14-,15?,16-,17+,18?,22-,23+/m0/s1. The van der Waals surface area contributed by atoms with Gasteiger partial charge in [-0.1, -0.05) is 20.3 Å². The van der Waals surface area contributed by atoms with Crippen LogP contribution in [0.1, 0.15) is 86.0 Å². The Morgan fingerprint density at radius 2 is 1.81 bits per heavy atom. The van der Waals surface area contributed by atoms with Gasteiger partial charge in [0, 0.05) is 11.0 Å². The summed E-state index contributed by atoms with van der Waals surface area (Å²) in [7, 11) is 0. The predicted molar refractivity (Wildman–Crippen MR) is 105 cm³/mol. The number of fused-ring (bicyclic) bond motifs is 5. The Bertz CT molecular complexity index is 638. The van der Waals surface area contributed by atoms with E-state index in [4.69, 9.17) is 4.74 Å². The Kier molecular flexibility index (Phi) is 4.44. The smallest absolute Gasteiger partial charge is 0.318 e. The van der Waals surface area contributed by atoms with Gasteiger partial charge in [-0.05, 0) is 88.9 Å². The molecule has 4 aliphatic rings. The fourth-order valence-corrected chi connectivity index (χ4v) is 7.29. The van der Waals surface area contributed by atoms with Crippen LogP contribution >= 0.6 is 0 Å². The number of hydrogen-bond donors (Lipinski definition) is 1. The van der Waals surface area contributed by atoms with E-state index in [1.54, 1.807) is 0 Å². The Morgan fingerprint density at radius 3 is 2.52 bits per heavy atom. The van der Waals surface area contributed by atoms with E-state index in [9.17, 15) is 9.59 Å². The van der Waals surface area contributed by atoms with Gasteiger partial charge in [0.25, 0.3) is 0 Å². The van der Waals surface area contributed by atoms with E-state index in [0.717, 1.165) is 18.3 Å². The molecule has 1 heterocycles. The number of rotatable bonds is 1. The van der Waals surface area contributed by atoms with Crippen LogP contribution in [0.2, 0.25) is 0 Å². The molecule has 4 rings (SSSR count). The highest BCUT2D eigenvalue weighted by Gasteiger charge is 2.61. The summed E-state index contributed by atoms with van der Waals surface area (Å²) in [6.07, 6.45) is 9.47. The Morgan fingerprint density at radius 1 is 1.07 bits per heavy atom. The van der Waals surface area contributed by atoms with Gasteiger partial charge >= 0.3 is 5.97 Å². The molecule has 1 saturated heterocycles. The molecule has 1 N–H and O–H groups in total. The maximum absolute atomic E-state index is 12.8. The molecule has 0 aromatic heterocycles. The number of carbonyl (C=O) groups is 2. The lowest BCUT2D eigenvalue weighted by molar-refractivity contribution is -0.201. The number of amides is 1. The van der Waals surface area contributed by atoms with Gasteiger partial charge in [-0.3, -0.25) is 9.59 Å². The van der Waals surface area contributed by atoms with Crippen LogP contribution in [0.3, 0.4) is 0 Å². The van der Waals surface area contributed by atoms with Crippen molar-refractivity contribution in [2.45, 2.75) is 97.6 Å². The van der Waals surface area contributed by atoms with Crippen LogP contribution in [0.25, 0.3) is 0 Å². The molecule has 4 fully saturated rings. The van der Waals surface area contributed by atoms with Crippen molar-refractivity contribution < 1.29 is 14.3 Å². The van der Waals surface area contributed by atoms with E-state index in [0.29, 0.717) is 17.8 Å². The number of carbonyl (C=O) groups excluding carboxylic acids is 2. The highest BCUT2D eigenvalue weighted by molar-refractivity contribution is 5.98. The van der Waals surface area contributed by atoms with Crippen molar-refractivity contribution >= 4 is 11.9 Å². The normalized spacial score (nSPS) is 46.7. The van der Waals surface area contributed by atoms with Gasteiger partial charge < -0.3 is 10.1 Å². The van der Waals surface area contributed by atoms with E-state index in [1.807, 2.05) is 20.8 Å². The topological polar surface area (TPSA) is 55.4 Å². The lowest BCUT2D eigenvalue weighted by atomic mass is 9.48. The van der Waals surface area contributed by atoms with Crippen LogP contribution in [0.15, 0.2) is 0 Å². The minimum atomic E-state index is -0.652. The van der Waals surface area contributed by atoms with Gasteiger partial charge in [0.15, 0.2) is 0 Å². The van der Waals surface area contributed by atoms with Gasteiger partial charge in [-0.25, -0.2) is 0 Å². The molecule has 0 radical (unpaired) electrons. The lowest BCUT2D eigenvalue weighted by Crippen LogP contribution is -2.60. The summed E-state index contributed by atoms with van der Waals surface area (Å²) in [4.78, 5) is 25.5. The van der Waals surface area contributed by atoms with E-state index < -0.39 is 5.92 Å². The molecular weight excluding hydrogens is 338 g/mol. The van der Waals surface area contributed by atoms with Crippen LogP contribution < -0.4 is 5.32 Å². The molecule has 1 aliphatic heterocycles. The molecular formula is C23H37NO3. The third kappa shape index (κ3) is 3.11. The quantitative estimate of drug-likeness (QED) is 0.543. The molecule has 0 spiro atoms. The van der Waals surface area contributed by atoms with Crippen molar-refractivity contribution in [3.63, 3.8) is 0 Å². The number of esters is 1. The van der Waals surface area contributed by atoms with Crippen molar-refractivity contribution in [3.05, 3.63) is 0 Å². The highest BCUT2D eigenvalue weighted by Crippen LogP contribution is 2.64. The first-order valence-electron chi connectivity index (χ1n) is 11.1. The lowest BCUT2D eigenvalue weighted by Gasteiger charge is -2.59. The molecule has 4 nitrogen and oxygen atoms in total. The molecule has 152 valence electrons. The van der Waals surface area contributed by atoms with E-state index in [2.05, 4.69) is 19.2 Å². The minimum absolute atomic E-state index is 0.00399. The highest BCUT2D eigenvalue weighted by atomic mass is 16.5. The summed E-state index contributed by atoms with van der Waals surface area (Å²) in [5.74, 6) is 1.05. The second-order valence-corrected chi connectivity index (χ2v) is 11.5. The van der Waals surface area contributed by atoms with Crippen molar-refractivity contribution in [2.75, 3.05) is 0 Å². The van der Waals surface area contributed by atoms with Gasteiger partial charge in [-0.15, -0.1) is 0 Å². The molecule has 4 heteroatoms. The molecule has 0 aromatic carbocycles. The first-order valence-corrected chi connectivity index (χ1v) is 11.1. The fraction of sp³-hybridized carbons (Fsp3) is 0.913. The van der Waals surface area contributed by atoms with Gasteiger partial charge in [0.2, 0.25) is 5.91 Å². The van der Waals surface area contributed by atoms with Crippen LogP contribution in [0.4, 0.5) is 0 Å². The van der Waals surface area contributed by atoms with Crippen LogP contribution in [-0.2, 0) is 14.3 Å². The Labute approximate surface area is 164 Å². The zero-order valence-electron chi connectivity index (χ0n) is 17.8. The zero-order valence-corrected chi connectivity index (χ0v) is 17.8. The van der Waals surface area contributed by atoms with Gasteiger partial charge in [-0.2, -0.15) is 0 Å². The predicted octanol–water partition coefficient (Wildman–Crippen LogP) is 4.47. The SMILES string of the molecule is CC(C)(C)NC(=O)C1C[C@@]2(C)C(CC[C@@H]3[C@H]2CC[C@]2(C)CCC[C@@H]32)OC1=O. The molecule has 3 aliphatic carbocycles. The minimum Gasteiger partial charge on any atom is -0.461 e. The second kappa shape index (κ2) is 6.22. The average Bonchev–Trinajstić information content (AvgIpc) is 2.95. The van der Waals surface area contributed by atoms with Crippen LogP contribution in [-0.4, -0.2) is 23.5 Å². The summed E-state index contributed by atoms with van der Waals surface area (Å²) in [5.41, 5.74) is 0.139. The first-order chi connectivity index (χ1) is 12.5. The summed E-state index contributed by atoms with van der Waals surface area (Å²) in [6.45, 7) is 10.7. The third-order valence-corrected chi connectivity index (χ3v) is 8.56. The average molecular weight is 376 g/mol. The van der Waals surface area contributed by atoms with Gasteiger partial charge in [0.05, 0.1) is 0 Å². The van der Waals surface area contributed by atoms with E-state index in [-0.39, 0.29) is 28.9 Å². The van der Waals surface area contributed by atoms with Crippen LogP contribution in [0, 0.1) is 34.5 Å². The maximum atomic E-state index is 12.8. The summed E-state index contributed by atoms with van der Waals surface area (Å²) < 4.78 is 5.93. The van der Waals surface area contributed by atoms with Crippen LogP contribution in [0.5, 0.6) is 0 Å². The largest absolute Gasteiger partial charge is 0.461 e. The molecule has 27 heavy (non-hydrogen) atoms. The van der Waals surface area contributed by atoms with Gasteiger partial charge in [0.1, 0.15) is 12.0 Å². The third-order valence-electron chi connectivity index (χ3n) is 8.56. The van der Waals surface area contributed by atoms with E-state index >= 15 is 0 Å². The molecule has 0 aromatic rings. The van der Waals surface area contributed by atoms with Crippen molar-refractivity contribution in [1.29, 1.82) is 0 Å². The number of hydrogen-bond acceptors (Lipinski definition) is 3. The summed E-state index contributed by atoms with van der Waals surface area (Å²) >= 11 is 0. The Balaban J connectivity index is 1.58. The molecule has 7 atom stereocenters. The second-order valence-electron chi connectivity index (χ2n) is 11.5. The van der Waals surface area contributed by atoms with Crippen molar-refractivity contribution in [1.82, 2.24) is 5.32 Å². The number of ether oxygens (including phenoxy) is 1. The van der Waals surface area contributed by atoms with E-state index in [1.165, 1.54) is 38.5 Å². The summed E-state index contributed by atoms with van der Waals surface area (Å²) in [5, 5.41) is 3.01. The Hall–Kier alpha value is -1.06.